The highest BCUT2D eigenvalue weighted by Crippen LogP contribution is 2.35. The van der Waals surface area contributed by atoms with E-state index in [1.807, 2.05) is 38.2 Å². The van der Waals surface area contributed by atoms with Crippen molar-refractivity contribution in [2.45, 2.75) is 6.92 Å². The average Bonchev–Trinajstić information content (AvgIpc) is 3.01. The zero-order valence-corrected chi connectivity index (χ0v) is 13.3. The Hall–Kier alpha value is -3.22. The van der Waals surface area contributed by atoms with Crippen molar-refractivity contribution >= 4 is 5.69 Å². The standard InChI is InChI=1S/C17H16N4O3/c1-3-24-14-9-12(8-13(10-14)21(22)23)15-6-4-5-7-16(15)17-19-18-11-20(17)2/h4-11H,3H2,1-2H3. The number of rotatable bonds is 5. The summed E-state index contributed by atoms with van der Waals surface area (Å²) in [5.74, 6) is 1.16. The van der Waals surface area contributed by atoms with Gasteiger partial charge >= 0.3 is 0 Å². The third kappa shape index (κ3) is 2.96. The van der Waals surface area contributed by atoms with E-state index >= 15 is 0 Å². The topological polar surface area (TPSA) is 83.1 Å². The highest BCUT2D eigenvalue weighted by molar-refractivity contribution is 5.82. The lowest BCUT2D eigenvalue weighted by atomic mass is 9.98. The first-order chi connectivity index (χ1) is 11.6. The molecule has 1 heterocycles. The molecule has 0 aliphatic carbocycles. The summed E-state index contributed by atoms with van der Waals surface area (Å²) in [5.41, 5.74) is 2.37. The van der Waals surface area contributed by atoms with Crippen LogP contribution in [0.4, 0.5) is 5.69 Å². The molecule has 0 N–H and O–H groups in total. The van der Waals surface area contributed by atoms with E-state index in [1.54, 1.807) is 17.0 Å². The maximum atomic E-state index is 11.2. The molecule has 0 aliphatic rings. The van der Waals surface area contributed by atoms with Crippen LogP contribution in [0.1, 0.15) is 6.92 Å². The molecule has 0 bridgehead atoms. The minimum Gasteiger partial charge on any atom is -0.494 e. The zero-order chi connectivity index (χ0) is 17.1. The summed E-state index contributed by atoms with van der Waals surface area (Å²) in [5, 5.41) is 19.3. The van der Waals surface area contributed by atoms with Crippen molar-refractivity contribution in [3.8, 4) is 28.3 Å². The van der Waals surface area contributed by atoms with Crippen LogP contribution in [0.2, 0.25) is 0 Å². The van der Waals surface area contributed by atoms with E-state index in [0.717, 1.165) is 11.1 Å². The Bertz CT molecular complexity index is 889. The van der Waals surface area contributed by atoms with Crippen LogP contribution in [-0.4, -0.2) is 26.3 Å². The number of aryl methyl sites for hydroxylation is 1. The van der Waals surface area contributed by atoms with Gasteiger partial charge in [0.05, 0.1) is 17.6 Å². The fourth-order valence-electron chi connectivity index (χ4n) is 2.55. The van der Waals surface area contributed by atoms with Crippen LogP contribution in [0.25, 0.3) is 22.5 Å². The van der Waals surface area contributed by atoms with Crippen LogP contribution in [-0.2, 0) is 7.05 Å². The molecule has 3 rings (SSSR count). The van der Waals surface area contributed by atoms with E-state index in [-0.39, 0.29) is 5.69 Å². The molecule has 7 heteroatoms. The van der Waals surface area contributed by atoms with Gasteiger partial charge in [-0.15, -0.1) is 10.2 Å². The Morgan fingerprint density at radius 1 is 1.21 bits per heavy atom. The molecule has 0 saturated heterocycles. The van der Waals surface area contributed by atoms with E-state index in [2.05, 4.69) is 10.2 Å². The lowest BCUT2D eigenvalue weighted by Crippen LogP contribution is -1.97. The van der Waals surface area contributed by atoms with E-state index in [0.29, 0.717) is 23.7 Å². The molecule has 0 radical (unpaired) electrons. The molecule has 2 aromatic carbocycles. The van der Waals surface area contributed by atoms with Crippen molar-refractivity contribution in [1.29, 1.82) is 0 Å². The molecule has 3 aromatic rings. The highest BCUT2D eigenvalue weighted by atomic mass is 16.6. The molecule has 0 unspecified atom stereocenters. The van der Waals surface area contributed by atoms with Crippen molar-refractivity contribution in [3.05, 3.63) is 58.9 Å². The Kier molecular flexibility index (Phi) is 4.24. The summed E-state index contributed by atoms with van der Waals surface area (Å²) in [6, 6.07) is 12.4. The number of aromatic nitrogens is 3. The summed E-state index contributed by atoms with van der Waals surface area (Å²) < 4.78 is 7.28. The third-order valence-electron chi connectivity index (χ3n) is 3.60. The predicted octanol–water partition coefficient (Wildman–Crippen LogP) is 3.46. The number of nitro benzene ring substituents is 1. The van der Waals surface area contributed by atoms with Crippen molar-refractivity contribution in [2.75, 3.05) is 6.61 Å². The maximum Gasteiger partial charge on any atom is 0.273 e. The monoisotopic (exact) mass is 324 g/mol. The normalized spacial score (nSPS) is 10.6. The van der Waals surface area contributed by atoms with Crippen LogP contribution in [0.3, 0.4) is 0 Å². The van der Waals surface area contributed by atoms with Crippen molar-refractivity contribution in [1.82, 2.24) is 14.8 Å². The van der Waals surface area contributed by atoms with Crippen LogP contribution < -0.4 is 4.74 Å². The lowest BCUT2D eigenvalue weighted by Gasteiger charge is -2.11. The minimum atomic E-state index is -0.420. The number of nitrogens with zero attached hydrogens (tertiary/aromatic N) is 4. The van der Waals surface area contributed by atoms with E-state index in [1.165, 1.54) is 12.1 Å². The largest absolute Gasteiger partial charge is 0.494 e. The zero-order valence-electron chi connectivity index (χ0n) is 13.3. The third-order valence-corrected chi connectivity index (χ3v) is 3.60. The molecule has 0 aliphatic heterocycles. The van der Waals surface area contributed by atoms with Gasteiger partial charge in [0.1, 0.15) is 12.1 Å². The number of ether oxygens (including phenoxy) is 1. The first-order valence-corrected chi connectivity index (χ1v) is 7.46. The Morgan fingerprint density at radius 3 is 2.58 bits per heavy atom. The van der Waals surface area contributed by atoms with Gasteiger partial charge in [-0.25, -0.2) is 0 Å². The number of benzene rings is 2. The molecular formula is C17H16N4O3. The fourth-order valence-corrected chi connectivity index (χ4v) is 2.55. The molecular weight excluding hydrogens is 308 g/mol. The lowest BCUT2D eigenvalue weighted by molar-refractivity contribution is -0.384. The van der Waals surface area contributed by atoms with Crippen LogP contribution in [0.15, 0.2) is 48.8 Å². The van der Waals surface area contributed by atoms with E-state index in [4.69, 9.17) is 4.74 Å². The van der Waals surface area contributed by atoms with Crippen LogP contribution in [0.5, 0.6) is 5.75 Å². The summed E-state index contributed by atoms with van der Waals surface area (Å²) in [4.78, 5) is 10.8. The smallest absolute Gasteiger partial charge is 0.273 e. The van der Waals surface area contributed by atoms with Gasteiger partial charge in [0.2, 0.25) is 0 Å². The Labute approximate surface area is 138 Å². The quantitative estimate of drug-likeness (QED) is 0.530. The van der Waals surface area contributed by atoms with Gasteiger partial charge < -0.3 is 9.30 Å². The Balaban J connectivity index is 2.19. The highest BCUT2D eigenvalue weighted by Gasteiger charge is 2.16. The van der Waals surface area contributed by atoms with Gasteiger partial charge in [-0.05, 0) is 24.1 Å². The molecule has 0 amide bonds. The van der Waals surface area contributed by atoms with Crippen molar-refractivity contribution < 1.29 is 9.66 Å². The fraction of sp³-hybridized carbons (Fsp3) is 0.176. The molecule has 0 fully saturated rings. The van der Waals surface area contributed by atoms with E-state index in [9.17, 15) is 10.1 Å². The van der Waals surface area contributed by atoms with Gasteiger partial charge in [-0.3, -0.25) is 10.1 Å². The van der Waals surface area contributed by atoms with Gasteiger partial charge in [0.15, 0.2) is 5.82 Å². The Morgan fingerprint density at radius 2 is 1.96 bits per heavy atom. The summed E-state index contributed by atoms with van der Waals surface area (Å²) in [6.07, 6.45) is 1.62. The van der Waals surface area contributed by atoms with Crippen LogP contribution >= 0.6 is 0 Å². The summed E-state index contributed by atoms with van der Waals surface area (Å²) >= 11 is 0. The minimum absolute atomic E-state index is 0.0104. The van der Waals surface area contributed by atoms with Crippen molar-refractivity contribution in [2.24, 2.45) is 7.05 Å². The summed E-state index contributed by atoms with van der Waals surface area (Å²) in [7, 11) is 1.85. The van der Waals surface area contributed by atoms with Crippen LogP contribution in [0, 0.1) is 10.1 Å². The second-order valence-corrected chi connectivity index (χ2v) is 5.22. The second-order valence-electron chi connectivity index (χ2n) is 5.22. The molecule has 1 aromatic heterocycles. The first kappa shape index (κ1) is 15.7. The van der Waals surface area contributed by atoms with Gasteiger partial charge in [0, 0.05) is 18.7 Å². The molecule has 0 saturated carbocycles. The van der Waals surface area contributed by atoms with E-state index < -0.39 is 4.92 Å². The molecule has 24 heavy (non-hydrogen) atoms. The van der Waals surface area contributed by atoms with Gasteiger partial charge in [-0.1, -0.05) is 24.3 Å². The number of non-ortho nitro benzene ring substituents is 1. The second kappa shape index (κ2) is 6.49. The molecule has 122 valence electrons. The predicted molar refractivity (Wildman–Crippen MR) is 89.7 cm³/mol. The van der Waals surface area contributed by atoms with Gasteiger partial charge in [-0.2, -0.15) is 0 Å². The van der Waals surface area contributed by atoms with Crippen molar-refractivity contribution in [3.63, 3.8) is 0 Å². The van der Waals surface area contributed by atoms with Gasteiger partial charge in [0.25, 0.3) is 5.69 Å². The maximum absolute atomic E-state index is 11.2. The SMILES string of the molecule is CCOc1cc(-c2ccccc2-c2nncn2C)cc([N+](=O)[O-])c1. The number of nitro groups is 1. The summed E-state index contributed by atoms with van der Waals surface area (Å²) in [6.45, 7) is 2.28. The molecule has 0 spiro atoms. The number of hydrogen-bond donors (Lipinski definition) is 0. The average molecular weight is 324 g/mol. The molecule has 7 nitrogen and oxygen atoms in total. The first-order valence-electron chi connectivity index (χ1n) is 7.46. The molecule has 0 atom stereocenters. The number of hydrogen-bond acceptors (Lipinski definition) is 5.